The van der Waals surface area contributed by atoms with E-state index in [4.69, 9.17) is 21.1 Å². The number of non-ortho nitro benzene ring substituents is 1. The number of Topliss-reactive ketones (excluding diaryl/α,β-unsaturated/α-hetero) is 1. The first-order valence-electron chi connectivity index (χ1n) is 12.2. The van der Waals surface area contributed by atoms with Gasteiger partial charge in [0.15, 0.2) is 16.6 Å². The second-order valence-corrected chi connectivity index (χ2v) is 12.6. The van der Waals surface area contributed by atoms with Gasteiger partial charge in [-0.05, 0) is 54.1 Å². The number of nitro benzene ring substituents is 1. The minimum Gasteiger partial charge on any atom is -0.507 e. The summed E-state index contributed by atoms with van der Waals surface area (Å²) in [6, 6.07) is 13.7. The van der Waals surface area contributed by atoms with Gasteiger partial charge in [-0.1, -0.05) is 29.0 Å². The van der Waals surface area contributed by atoms with E-state index in [0.717, 1.165) is 35.4 Å². The molecule has 15 heteroatoms. The molecule has 1 N–H and O–H groups in total. The van der Waals surface area contributed by atoms with E-state index in [1.54, 1.807) is 12.1 Å². The molecule has 3 aromatic carbocycles. The number of anilines is 1. The maximum Gasteiger partial charge on any atom is 0.301 e. The monoisotopic (exact) mass is 641 g/mol. The Morgan fingerprint density at radius 3 is 2.28 bits per heavy atom. The van der Waals surface area contributed by atoms with Crippen LogP contribution in [0.15, 0.2) is 87.6 Å². The van der Waals surface area contributed by atoms with Gasteiger partial charge < -0.3 is 14.6 Å². The van der Waals surface area contributed by atoms with E-state index in [0.29, 0.717) is 27.7 Å². The number of sulfone groups is 1. The van der Waals surface area contributed by atoms with E-state index in [1.165, 1.54) is 44.6 Å². The molecule has 43 heavy (non-hydrogen) atoms. The van der Waals surface area contributed by atoms with Crippen LogP contribution in [0.4, 0.5) is 10.8 Å². The smallest absolute Gasteiger partial charge is 0.301 e. The van der Waals surface area contributed by atoms with Crippen LogP contribution < -0.4 is 14.4 Å². The zero-order valence-corrected chi connectivity index (χ0v) is 24.6. The fourth-order valence-corrected chi connectivity index (χ4v) is 7.15. The number of amides is 1. The van der Waals surface area contributed by atoms with Gasteiger partial charge in [0.25, 0.3) is 11.5 Å². The highest BCUT2D eigenvalue weighted by atomic mass is 35.5. The number of methoxy groups -OCH3 is 2. The number of rotatable bonds is 8. The number of carbonyl (C=O) groups is 2. The molecule has 2 heterocycles. The van der Waals surface area contributed by atoms with Gasteiger partial charge in [-0.2, -0.15) is 0 Å². The molecule has 1 aromatic heterocycles. The third-order valence-electron chi connectivity index (χ3n) is 6.59. The Bertz CT molecular complexity index is 1900. The Balaban J connectivity index is 1.65. The van der Waals surface area contributed by atoms with Gasteiger partial charge >= 0.3 is 5.91 Å². The summed E-state index contributed by atoms with van der Waals surface area (Å²) in [6.07, 6.45) is 1.03. The Morgan fingerprint density at radius 1 is 1.02 bits per heavy atom. The minimum atomic E-state index is -4.20. The highest BCUT2D eigenvalue weighted by Gasteiger charge is 2.48. The molecule has 1 aliphatic rings. The van der Waals surface area contributed by atoms with Crippen LogP contribution in [0.2, 0.25) is 5.02 Å². The Labute approximate surface area is 253 Å². The van der Waals surface area contributed by atoms with Crippen molar-refractivity contribution in [3.63, 3.8) is 0 Å². The molecular weight excluding hydrogens is 622 g/mol. The van der Waals surface area contributed by atoms with Crippen molar-refractivity contribution in [2.45, 2.75) is 15.1 Å². The molecule has 0 saturated carbocycles. The van der Waals surface area contributed by atoms with Crippen LogP contribution in [-0.4, -0.2) is 49.3 Å². The second kappa shape index (κ2) is 11.5. The number of benzene rings is 3. The third kappa shape index (κ3) is 5.31. The molecule has 1 atom stereocenters. The molecule has 1 fully saturated rings. The summed E-state index contributed by atoms with van der Waals surface area (Å²) in [5, 5.41) is 22.5. The quantitative estimate of drug-likeness (QED) is 0.0890. The number of carbonyl (C=O) groups excluding carboxylic acids is 2. The first kappa shape index (κ1) is 29.7. The number of hydrogen-bond donors (Lipinski definition) is 1. The van der Waals surface area contributed by atoms with E-state index in [2.05, 4.69) is 4.98 Å². The molecule has 0 spiro atoms. The molecule has 5 rings (SSSR count). The molecule has 220 valence electrons. The van der Waals surface area contributed by atoms with Crippen LogP contribution in [0, 0.1) is 10.1 Å². The number of thiazole rings is 1. The summed E-state index contributed by atoms with van der Waals surface area (Å²) >= 11 is 6.60. The van der Waals surface area contributed by atoms with Crippen LogP contribution in [0.25, 0.3) is 5.76 Å². The summed E-state index contributed by atoms with van der Waals surface area (Å²) < 4.78 is 37.1. The van der Waals surface area contributed by atoms with Crippen molar-refractivity contribution in [2.75, 3.05) is 19.1 Å². The fraction of sp³-hybridized carbons (Fsp3) is 0.107. The molecular formula is C28H20ClN3O9S2. The van der Waals surface area contributed by atoms with Crippen molar-refractivity contribution in [1.29, 1.82) is 0 Å². The number of ketones is 1. The second-order valence-electron chi connectivity index (χ2n) is 9.01. The molecule has 4 aromatic rings. The van der Waals surface area contributed by atoms with Crippen molar-refractivity contribution < 1.29 is 37.5 Å². The highest BCUT2D eigenvalue weighted by Crippen LogP contribution is 2.46. The van der Waals surface area contributed by atoms with Gasteiger partial charge in [-0.3, -0.25) is 24.6 Å². The number of ether oxygens (including phenoxy) is 2. The average Bonchev–Trinajstić information content (AvgIpc) is 3.60. The lowest BCUT2D eigenvalue weighted by atomic mass is 9.95. The Hall–Kier alpha value is -4.79. The molecule has 1 saturated heterocycles. The van der Waals surface area contributed by atoms with E-state index in [-0.39, 0.29) is 36.8 Å². The molecule has 0 radical (unpaired) electrons. The summed E-state index contributed by atoms with van der Waals surface area (Å²) in [4.78, 5) is 42.2. The SMILES string of the molecule is COc1ccc(C2C(=C(O)c3ccc(Cl)cc3)C(=O)C(=O)N2c2ncc(S(=O)(=O)c3ccc([N+](=O)[O-])cc3)s2)cc1OC. The molecule has 12 nitrogen and oxygen atoms in total. The minimum absolute atomic E-state index is 0.141. The molecule has 1 aliphatic heterocycles. The van der Waals surface area contributed by atoms with E-state index >= 15 is 0 Å². The highest BCUT2D eigenvalue weighted by molar-refractivity contribution is 7.93. The lowest BCUT2D eigenvalue weighted by Crippen LogP contribution is -2.29. The largest absolute Gasteiger partial charge is 0.507 e. The zero-order valence-electron chi connectivity index (χ0n) is 22.3. The molecule has 1 amide bonds. The standard InChI is InChI=1S/C28H20ClN3O9S2/c1-40-20-12-5-16(13-21(20)41-2)24-23(25(33)15-3-6-17(29)7-4-15)26(34)27(35)31(24)28-30-14-22(42-28)43(38,39)19-10-8-18(9-11-19)32(36)37/h3-14,24,33H,1-2H3. The normalized spacial score (nSPS) is 16.3. The third-order valence-corrected chi connectivity index (χ3v) is 10.1. The number of halogens is 1. The van der Waals surface area contributed by atoms with Crippen molar-refractivity contribution in [1.82, 2.24) is 4.98 Å². The van der Waals surface area contributed by atoms with Crippen molar-refractivity contribution >= 4 is 61.0 Å². The van der Waals surface area contributed by atoms with Crippen molar-refractivity contribution in [3.8, 4) is 11.5 Å². The van der Waals surface area contributed by atoms with E-state index in [9.17, 15) is 33.2 Å². The number of aliphatic hydroxyl groups is 1. The molecule has 0 aliphatic carbocycles. The fourth-order valence-electron chi connectivity index (χ4n) is 4.48. The summed E-state index contributed by atoms with van der Waals surface area (Å²) in [5.41, 5.74) is -0.00648. The lowest BCUT2D eigenvalue weighted by molar-refractivity contribution is -0.384. The molecule has 1 unspecified atom stereocenters. The number of nitrogens with zero attached hydrogens (tertiary/aromatic N) is 3. The summed E-state index contributed by atoms with van der Waals surface area (Å²) in [6.45, 7) is 0. The Morgan fingerprint density at radius 2 is 1.67 bits per heavy atom. The maximum atomic E-state index is 13.5. The summed E-state index contributed by atoms with van der Waals surface area (Å²) in [5.74, 6) is -1.91. The number of nitro groups is 1. The number of aromatic nitrogens is 1. The van der Waals surface area contributed by atoms with E-state index < -0.39 is 38.3 Å². The van der Waals surface area contributed by atoms with Crippen molar-refractivity contribution in [3.05, 3.63) is 105 Å². The summed E-state index contributed by atoms with van der Waals surface area (Å²) in [7, 11) is -1.36. The maximum absolute atomic E-state index is 13.5. The predicted molar refractivity (Wildman–Crippen MR) is 156 cm³/mol. The van der Waals surface area contributed by atoms with E-state index in [1.807, 2.05) is 0 Å². The van der Waals surface area contributed by atoms with Gasteiger partial charge in [0.05, 0.1) is 41.9 Å². The van der Waals surface area contributed by atoms with Gasteiger partial charge in [-0.15, -0.1) is 0 Å². The van der Waals surface area contributed by atoms with Crippen LogP contribution in [0.3, 0.4) is 0 Å². The van der Waals surface area contributed by atoms with Gasteiger partial charge in [0.2, 0.25) is 9.84 Å². The predicted octanol–water partition coefficient (Wildman–Crippen LogP) is 5.18. The van der Waals surface area contributed by atoms with Crippen LogP contribution >= 0.6 is 22.9 Å². The topological polar surface area (TPSA) is 166 Å². The average molecular weight is 642 g/mol. The Kier molecular flexibility index (Phi) is 7.92. The van der Waals surface area contributed by atoms with Crippen LogP contribution in [-0.2, 0) is 19.4 Å². The van der Waals surface area contributed by atoms with Gasteiger partial charge in [-0.25, -0.2) is 13.4 Å². The zero-order chi connectivity index (χ0) is 31.1. The lowest BCUT2D eigenvalue weighted by Gasteiger charge is -2.23. The number of hydrogen-bond acceptors (Lipinski definition) is 11. The van der Waals surface area contributed by atoms with Gasteiger partial charge in [0.1, 0.15) is 9.97 Å². The van der Waals surface area contributed by atoms with Crippen LogP contribution in [0.5, 0.6) is 11.5 Å². The van der Waals surface area contributed by atoms with Crippen molar-refractivity contribution in [2.24, 2.45) is 0 Å². The molecule has 0 bridgehead atoms. The number of aliphatic hydroxyl groups excluding tert-OH is 1. The first-order chi connectivity index (χ1) is 20.5. The van der Waals surface area contributed by atoms with Crippen LogP contribution in [0.1, 0.15) is 17.2 Å². The first-order valence-corrected chi connectivity index (χ1v) is 14.9. The van der Waals surface area contributed by atoms with Gasteiger partial charge in [0, 0.05) is 22.7 Å².